The molecule has 10 heteroatoms. The van der Waals surface area contributed by atoms with Gasteiger partial charge in [0.2, 0.25) is 0 Å². The molecule has 176 valence electrons. The van der Waals surface area contributed by atoms with E-state index in [0.29, 0.717) is 0 Å². The second kappa shape index (κ2) is 9.86. The van der Waals surface area contributed by atoms with Crippen LogP contribution in [0.1, 0.15) is 17.0 Å². The van der Waals surface area contributed by atoms with Gasteiger partial charge in [-0.15, -0.1) is 0 Å². The van der Waals surface area contributed by atoms with Gasteiger partial charge in [0.25, 0.3) is 0 Å². The third kappa shape index (κ3) is 4.70. The molecular formula is C23H25NO9. The van der Waals surface area contributed by atoms with Gasteiger partial charge in [-0.1, -0.05) is 48.5 Å². The molecule has 2 aromatic rings. The number of carbonyl (C=O) groups is 2. The maximum absolute atomic E-state index is 12.2. The van der Waals surface area contributed by atoms with Gasteiger partial charge in [-0.05, 0) is 22.3 Å². The first-order valence-corrected chi connectivity index (χ1v) is 10.5. The predicted octanol–water partition coefficient (Wildman–Crippen LogP) is 0.434. The number of amides is 1. The monoisotopic (exact) mass is 459 g/mol. The summed E-state index contributed by atoms with van der Waals surface area (Å²) in [6.45, 7) is -0.0176. The van der Waals surface area contributed by atoms with Crippen LogP contribution in [0.2, 0.25) is 0 Å². The molecule has 0 aromatic heterocycles. The third-order valence-electron chi connectivity index (χ3n) is 5.81. The van der Waals surface area contributed by atoms with Gasteiger partial charge < -0.3 is 40.0 Å². The van der Waals surface area contributed by atoms with Crippen LogP contribution in [0.15, 0.2) is 48.5 Å². The molecule has 1 saturated heterocycles. The largest absolute Gasteiger partial charge is 0.479 e. The Balaban J connectivity index is 1.25. The molecule has 0 spiro atoms. The minimum Gasteiger partial charge on any atom is -0.479 e. The van der Waals surface area contributed by atoms with E-state index in [1.165, 1.54) is 0 Å². The normalized spacial score (nSPS) is 26.3. The van der Waals surface area contributed by atoms with E-state index in [4.69, 9.17) is 19.3 Å². The van der Waals surface area contributed by atoms with Crippen molar-refractivity contribution < 1.29 is 44.2 Å². The number of aliphatic carboxylic acids is 1. The van der Waals surface area contributed by atoms with Crippen LogP contribution in [0.25, 0.3) is 11.1 Å². The van der Waals surface area contributed by atoms with Crippen molar-refractivity contribution in [1.29, 1.82) is 0 Å². The lowest BCUT2D eigenvalue weighted by molar-refractivity contribution is -0.293. The molecule has 0 saturated carbocycles. The average Bonchev–Trinajstić information content (AvgIpc) is 3.13. The van der Waals surface area contributed by atoms with E-state index in [2.05, 4.69) is 5.32 Å². The number of nitrogens with one attached hydrogen (secondary N) is 1. The maximum atomic E-state index is 12.2. The first-order chi connectivity index (χ1) is 15.9. The number of hydrogen-bond donors (Lipinski definition) is 5. The number of rotatable bonds is 7. The van der Waals surface area contributed by atoms with Gasteiger partial charge in [-0.3, -0.25) is 0 Å². The molecule has 0 radical (unpaired) electrons. The Bertz CT molecular complexity index is 967. The van der Waals surface area contributed by atoms with Gasteiger partial charge in [0.05, 0.1) is 6.61 Å². The molecule has 33 heavy (non-hydrogen) atoms. The molecule has 5 unspecified atom stereocenters. The topological polar surface area (TPSA) is 155 Å². The summed E-state index contributed by atoms with van der Waals surface area (Å²) in [5, 5.41) is 40.9. The van der Waals surface area contributed by atoms with Crippen molar-refractivity contribution in [3.05, 3.63) is 59.7 Å². The highest BCUT2D eigenvalue weighted by Gasteiger charge is 2.47. The van der Waals surface area contributed by atoms with Gasteiger partial charge >= 0.3 is 12.1 Å². The van der Waals surface area contributed by atoms with E-state index >= 15 is 0 Å². The number of ether oxygens (including phenoxy) is 3. The highest BCUT2D eigenvalue weighted by molar-refractivity contribution is 5.79. The summed E-state index contributed by atoms with van der Waals surface area (Å²) < 4.78 is 15.6. The summed E-state index contributed by atoms with van der Waals surface area (Å²) in [4.78, 5) is 23.3. The van der Waals surface area contributed by atoms with E-state index in [1.807, 2.05) is 48.5 Å². The number of aliphatic hydroxyl groups excluding tert-OH is 3. The van der Waals surface area contributed by atoms with Crippen LogP contribution < -0.4 is 5.32 Å². The quantitative estimate of drug-likeness (QED) is 0.371. The number of benzene rings is 2. The molecule has 5 N–H and O–H groups in total. The van der Waals surface area contributed by atoms with Crippen molar-refractivity contribution in [2.45, 2.75) is 36.6 Å². The Morgan fingerprint density at radius 1 is 0.909 bits per heavy atom. The van der Waals surface area contributed by atoms with Crippen LogP contribution in [0, 0.1) is 0 Å². The van der Waals surface area contributed by atoms with Crippen molar-refractivity contribution in [3.63, 3.8) is 0 Å². The average molecular weight is 459 g/mol. The van der Waals surface area contributed by atoms with Gasteiger partial charge in [0.1, 0.15) is 24.9 Å². The van der Waals surface area contributed by atoms with Crippen LogP contribution in [0.5, 0.6) is 0 Å². The van der Waals surface area contributed by atoms with Gasteiger partial charge in [0, 0.05) is 12.5 Å². The summed E-state index contributed by atoms with van der Waals surface area (Å²) in [6.07, 6.45) is -9.08. The third-order valence-corrected chi connectivity index (χ3v) is 5.81. The van der Waals surface area contributed by atoms with Crippen LogP contribution in [0.3, 0.4) is 0 Å². The highest BCUT2D eigenvalue weighted by atomic mass is 16.7. The summed E-state index contributed by atoms with van der Waals surface area (Å²) in [6, 6.07) is 15.9. The molecule has 0 bridgehead atoms. The fourth-order valence-corrected chi connectivity index (χ4v) is 4.17. The lowest BCUT2D eigenvalue weighted by Gasteiger charge is -2.38. The molecule has 1 fully saturated rings. The van der Waals surface area contributed by atoms with Crippen molar-refractivity contribution in [3.8, 4) is 11.1 Å². The molecule has 4 rings (SSSR count). The van der Waals surface area contributed by atoms with Gasteiger partial charge in [0.15, 0.2) is 12.4 Å². The Morgan fingerprint density at radius 2 is 1.52 bits per heavy atom. The molecular weight excluding hydrogens is 434 g/mol. The summed E-state index contributed by atoms with van der Waals surface area (Å²) >= 11 is 0. The summed E-state index contributed by atoms with van der Waals surface area (Å²) in [5.41, 5.74) is 4.42. The maximum Gasteiger partial charge on any atom is 0.407 e. The van der Waals surface area contributed by atoms with Crippen molar-refractivity contribution in [2.75, 3.05) is 19.8 Å². The number of carboxylic acids is 1. The van der Waals surface area contributed by atoms with Crippen LogP contribution >= 0.6 is 0 Å². The first-order valence-electron chi connectivity index (χ1n) is 10.5. The molecule has 1 heterocycles. The van der Waals surface area contributed by atoms with Crippen LogP contribution in [-0.4, -0.2) is 83.0 Å². The smallest absolute Gasteiger partial charge is 0.407 e. The molecule has 1 aliphatic heterocycles. The van der Waals surface area contributed by atoms with Gasteiger partial charge in [-0.25, -0.2) is 9.59 Å². The highest BCUT2D eigenvalue weighted by Crippen LogP contribution is 2.44. The Hall–Kier alpha value is -3.02. The molecule has 1 amide bonds. The zero-order chi connectivity index (χ0) is 23.5. The molecule has 2 aromatic carbocycles. The lowest BCUT2D eigenvalue weighted by Crippen LogP contribution is -2.60. The van der Waals surface area contributed by atoms with Crippen molar-refractivity contribution in [2.24, 2.45) is 0 Å². The first kappa shape index (κ1) is 23.1. The van der Waals surface area contributed by atoms with Crippen LogP contribution in [-0.2, 0) is 19.0 Å². The number of aliphatic hydroxyl groups is 3. The SMILES string of the molecule is O=C(NCCOC1OC(C(=O)O)C(O)C(O)C1O)OCC1c2ccccc2-c2ccccc21. The van der Waals surface area contributed by atoms with Crippen LogP contribution in [0.4, 0.5) is 4.79 Å². The fraction of sp³-hybridized carbons (Fsp3) is 0.391. The van der Waals surface area contributed by atoms with Crippen molar-refractivity contribution >= 4 is 12.1 Å². The van der Waals surface area contributed by atoms with E-state index in [-0.39, 0.29) is 25.7 Å². The molecule has 1 aliphatic carbocycles. The number of hydrogen-bond acceptors (Lipinski definition) is 8. The van der Waals surface area contributed by atoms with E-state index in [1.54, 1.807) is 0 Å². The number of carbonyl (C=O) groups excluding carboxylic acids is 1. The predicted molar refractivity (Wildman–Crippen MR) is 113 cm³/mol. The zero-order valence-electron chi connectivity index (χ0n) is 17.5. The number of carboxylic acid groups (broad SMARTS) is 1. The number of fused-ring (bicyclic) bond motifs is 3. The van der Waals surface area contributed by atoms with E-state index in [9.17, 15) is 24.9 Å². The Kier molecular flexibility index (Phi) is 6.91. The summed E-state index contributed by atoms with van der Waals surface area (Å²) in [5.74, 6) is -1.58. The second-order valence-corrected chi connectivity index (χ2v) is 7.86. The molecule has 2 aliphatic rings. The van der Waals surface area contributed by atoms with Crippen molar-refractivity contribution in [1.82, 2.24) is 5.32 Å². The minimum absolute atomic E-state index is 0.0142. The van der Waals surface area contributed by atoms with Gasteiger partial charge in [-0.2, -0.15) is 0 Å². The fourth-order valence-electron chi connectivity index (χ4n) is 4.17. The zero-order valence-corrected chi connectivity index (χ0v) is 17.5. The minimum atomic E-state index is -1.80. The Labute approximate surface area is 189 Å². The Morgan fingerprint density at radius 3 is 2.12 bits per heavy atom. The standard InChI is InChI=1S/C23H25NO9/c25-17-18(26)20(21(28)29)33-22(19(17)27)31-10-9-24-23(30)32-11-16-14-7-3-1-5-12(14)13-6-2-4-8-15(13)16/h1-8,16-20,22,25-27H,9-11H2,(H,24,30)(H,28,29). The molecule has 10 nitrogen and oxygen atoms in total. The van der Waals surface area contributed by atoms with E-state index in [0.717, 1.165) is 22.3 Å². The lowest BCUT2D eigenvalue weighted by atomic mass is 9.98. The number of alkyl carbamates (subject to hydrolysis) is 1. The summed E-state index contributed by atoms with van der Waals surface area (Å²) in [7, 11) is 0. The van der Waals surface area contributed by atoms with E-state index < -0.39 is 42.8 Å². The second-order valence-electron chi connectivity index (χ2n) is 7.86. The molecule has 5 atom stereocenters.